The Morgan fingerprint density at radius 2 is 1.56 bits per heavy atom. The van der Waals surface area contributed by atoms with Gasteiger partial charge in [-0.05, 0) is 42.2 Å². The highest BCUT2D eigenvalue weighted by Crippen LogP contribution is 2.34. The van der Waals surface area contributed by atoms with Crippen molar-refractivity contribution < 1.29 is 8.78 Å². The highest BCUT2D eigenvalue weighted by molar-refractivity contribution is 7.99. The number of rotatable bonds is 6. The fraction of sp³-hybridized carbons (Fsp3) is 0.300. The van der Waals surface area contributed by atoms with E-state index >= 15 is 0 Å². The largest absolute Gasteiger partial charge is 0.205 e. The molecule has 0 radical (unpaired) electrons. The van der Waals surface area contributed by atoms with Crippen LogP contribution >= 0.6 is 11.8 Å². The molecule has 0 saturated carbocycles. The summed E-state index contributed by atoms with van der Waals surface area (Å²) in [5, 5.41) is 17.9. The first-order valence-corrected chi connectivity index (χ1v) is 8.99. The van der Waals surface area contributed by atoms with Crippen molar-refractivity contribution in [3.8, 4) is 12.1 Å². The average Bonchev–Trinajstić information content (AvgIpc) is 2.60. The predicted molar refractivity (Wildman–Crippen MR) is 94.3 cm³/mol. The van der Waals surface area contributed by atoms with E-state index in [9.17, 15) is 8.78 Å². The third kappa shape index (κ3) is 4.18. The Morgan fingerprint density at radius 1 is 0.920 bits per heavy atom. The van der Waals surface area contributed by atoms with Crippen molar-refractivity contribution in [2.45, 2.75) is 49.3 Å². The van der Waals surface area contributed by atoms with Crippen LogP contribution in [-0.2, 0) is 12.8 Å². The molecule has 0 heterocycles. The fourth-order valence-corrected chi connectivity index (χ4v) is 3.64. The molecule has 0 N–H and O–H groups in total. The quantitative estimate of drug-likeness (QED) is 0.660. The maximum absolute atomic E-state index is 14.5. The number of aryl methyl sites for hydroxylation is 2. The zero-order chi connectivity index (χ0) is 18.4. The molecule has 2 rings (SSSR count). The summed E-state index contributed by atoms with van der Waals surface area (Å²) in [6.45, 7) is 4.22. The number of nitrogens with zero attached hydrogens (tertiary/aromatic N) is 2. The molecule has 0 aliphatic rings. The molecule has 0 atom stereocenters. The predicted octanol–water partition coefficient (Wildman–Crippen LogP) is 5.76. The van der Waals surface area contributed by atoms with Crippen molar-refractivity contribution in [3.05, 3.63) is 58.2 Å². The van der Waals surface area contributed by atoms with Gasteiger partial charge in [-0.25, -0.2) is 8.78 Å². The van der Waals surface area contributed by atoms with E-state index in [1.165, 1.54) is 11.1 Å². The lowest BCUT2D eigenvalue weighted by molar-refractivity contribution is 0.571. The van der Waals surface area contributed by atoms with Gasteiger partial charge in [-0.1, -0.05) is 44.5 Å². The normalized spacial score (nSPS) is 10.3. The number of benzene rings is 2. The lowest BCUT2D eigenvalue weighted by atomic mass is 10.00. The monoisotopic (exact) mass is 356 g/mol. The van der Waals surface area contributed by atoms with Gasteiger partial charge in [0.2, 0.25) is 0 Å². The summed E-state index contributed by atoms with van der Waals surface area (Å²) in [6, 6.07) is 10.0. The molecule has 0 bridgehead atoms. The van der Waals surface area contributed by atoms with Crippen molar-refractivity contribution in [2.24, 2.45) is 0 Å². The molecule has 0 aromatic heterocycles. The van der Waals surface area contributed by atoms with Gasteiger partial charge in [0.1, 0.15) is 29.1 Å². The van der Waals surface area contributed by atoms with E-state index in [0.29, 0.717) is 0 Å². The Balaban J connectivity index is 2.44. The average molecular weight is 356 g/mol. The summed E-state index contributed by atoms with van der Waals surface area (Å²) < 4.78 is 28.5. The highest BCUT2D eigenvalue weighted by atomic mass is 32.2. The maximum atomic E-state index is 14.5. The van der Waals surface area contributed by atoms with Crippen LogP contribution in [0.2, 0.25) is 0 Å². The summed E-state index contributed by atoms with van der Waals surface area (Å²) in [6.07, 6.45) is 3.96. The van der Waals surface area contributed by atoms with Crippen LogP contribution in [0.15, 0.2) is 34.1 Å². The molecule has 0 amide bonds. The molecule has 2 aromatic carbocycles. The van der Waals surface area contributed by atoms with Gasteiger partial charge in [-0.3, -0.25) is 0 Å². The van der Waals surface area contributed by atoms with Crippen molar-refractivity contribution in [1.29, 1.82) is 10.5 Å². The molecule has 2 nitrogen and oxygen atoms in total. The maximum Gasteiger partial charge on any atom is 0.156 e. The molecule has 0 spiro atoms. The first-order valence-electron chi connectivity index (χ1n) is 8.17. The van der Waals surface area contributed by atoms with E-state index in [0.717, 1.165) is 48.4 Å². The van der Waals surface area contributed by atoms with Crippen LogP contribution in [0.3, 0.4) is 0 Å². The van der Waals surface area contributed by atoms with Gasteiger partial charge in [0.25, 0.3) is 0 Å². The van der Waals surface area contributed by atoms with Crippen molar-refractivity contribution >= 4 is 11.8 Å². The topological polar surface area (TPSA) is 47.6 Å². The Bertz CT molecular complexity index is 863. The van der Waals surface area contributed by atoms with Gasteiger partial charge in [0.15, 0.2) is 5.82 Å². The van der Waals surface area contributed by atoms with E-state index in [-0.39, 0.29) is 4.90 Å². The lowest BCUT2D eigenvalue weighted by Gasteiger charge is -2.12. The van der Waals surface area contributed by atoms with E-state index in [1.54, 1.807) is 12.1 Å². The van der Waals surface area contributed by atoms with E-state index in [1.807, 2.05) is 18.2 Å². The van der Waals surface area contributed by atoms with Gasteiger partial charge in [0.05, 0.1) is 4.90 Å². The Kier molecular flexibility index (Phi) is 6.56. The second-order valence-electron chi connectivity index (χ2n) is 5.68. The van der Waals surface area contributed by atoms with Gasteiger partial charge in [-0.15, -0.1) is 0 Å². The van der Waals surface area contributed by atoms with Crippen molar-refractivity contribution in [1.82, 2.24) is 0 Å². The number of hydrogen-bond donors (Lipinski definition) is 0. The SMILES string of the molecule is CCCc1ccc(Sc2cc(F)c(C#N)c(C#N)c2F)cc1CCC. The summed E-state index contributed by atoms with van der Waals surface area (Å²) in [4.78, 5) is 0.800. The summed E-state index contributed by atoms with van der Waals surface area (Å²) in [7, 11) is 0. The van der Waals surface area contributed by atoms with Crippen LogP contribution < -0.4 is 0 Å². The zero-order valence-corrected chi connectivity index (χ0v) is 15.0. The molecule has 128 valence electrons. The first-order chi connectivity index (χ1) is 12.0. The molecule has 5 heteroatoms. The molecule has 0 unspecified atom stereocenters. The van der Waals surface area contributed by atoms with Crippen LogP contribution in [0.4, 0.5) is 8.78 Å². The molecule has 0 aliphatic carbocycles. The number of hydrogen-bond acceptors (Lipinski definition) is 3. The Morgan fingerprint density at radius 3 is 2.16 bits per heavy atom. The molecular formula is C20H18F2N2S. The standard InChI is InChI=1S/C20H18F2N2S/c1-3-5-13-7-8-15(9-14(13)6-4-2)25-19-10-18(21)16(11-23)17(12-24)20(19)22/h7-10H,3-6H2,1-2H3. The summed E-state index contributed by atoms with van der Waals surface area (Å²) in [5.74, 6) is -1.72. The van der Waals surface area contributed by atoms with E-state index in [2.05, 4.69) is 13.8 Å². The molecule has 2 aromatic rings. The smallest absolute Gasteiger partial charge is 0.156 e. The van der Waals surface area contributed by atoms with Crippen LogP contribution in [-0.4, -0.2) is 0 Å². The van der Waals surface area contributed by atoms with E-state index in [4.69, 9.17) is 10.5 Å². The van der Waals surface area contributed by atoms with Gasteiger partial charge >= 0.3 is 0 Å². The second-order valence-corrected chi connectivity index (χ2v) is 6.79. The van der Waals surface area contributed by atoms with Crippen LogP contribution in [0.25, 0.3) is 0 Å². The lowest BCUT2D eigenvalue weighted by Crippen LogP contribution is -1.98. The number of halogens is 2. The van der Waals surface area contributed by atoms with Crippen molar-refractivity contribution in [2.75, 3.05) is 0 Å². The third-order valence-electron chi connectivity index (χ3n) is 3.85. The summed E-state index contributed by atoms with van der Waals surface area (Å²) >= 11 is 1.07. The van der Waals surface area contributed by atoms with Gasteiger partial charge in [-0.2, -0.15) is 10.5 Å². The Hall–Kier alpha value is -2.37. The van der Waals surface area contributed by atoms with Crippen LogP contribution in [0.5, 0.6) is 0 Å². The minimum absolute atomic E-state index is 0.0127. The van der Waals surface area contributed by atoms with Crippen LogP contribution in [0, 0.1) is 34.3 Å². The number of nitriles is 2. The van der Waals surface area contributed by atoms with Crippen molar-refractivity contribution in [3.63, 3.8) is 0 Å². The minimum Gasteiger partial charge on any atom is -0.205 e. The molecule has 0 aliphatic heterocycles. The molecule has 0 fully saturated rings. The van der Waals surface area contributed by atoms with E-state index < -0.39 is 22.8 Å². The second kappa shape index (κ2) is 8.65. The first kappa shape index (κ1) is 19.0. The van der Waals surface area contributed by atoms with Gasteiger partial charge in [0, 0.05) is 4.90 Å². The molecular weight excluding hydrogens is 338 g/mol. The fourth-order valence-electron chi connectivity index (χ4n) is 2.70. The minimum atomic E-state index is -0.876. The third-order valence-corrected chi connectivity index (χ3v) is 4.86. The van der Waals surface area contributed by atoms with Crippen LogP contribution in [0.1, 0.15) is 48.9 Å². The van der Waals surface area contributed by atoms with Gasteiger partial charge < -0.3 is 0 Å². The highest BCUT2D eigenvalue weighted by Gasteiger charge is 2.19. The molecule has 25 heavy (non-hydrogen) atoms. The summed E-state index contributed by atoms with van der Waals surface area (Å²) in [5.41, 5.74) is 1.40. The zero-order valence-electron chi connectivity index (χ0n) is 14.2. The molecule has 0 saturated heterocycles. The Labute approximate surface area is 151 Å².